The highest BCUT2D eigenvalue weighted by Gasteiger charge is 2.60. The molecule has 0 aromatic heterocycles. The van der Waals surface area contributed by atoms with Crippen LogP contribution in [0.2, 0.25) is 0 Å². The summed E-state index contributed by atoms with van der Waals surface area (Å²) in [4.78, 5) is 22.3. The van der Waals surface area contributed by atoms with Gasteiger partial charge in [0.15, 0.2) is 6.17 Å². The van der Waals surface area contributed by atoms with Crippen molar-refractivity contribution in [1.29, 1.82) is 0 Å². The van der Waals surface area contributed by atoms with E-state index in [1.165, 1.54) is 0 Å². The van der Waals surface area contributed by atoms with Gasteiger partial charge < -0.3 is 36.8 Å². The number of ether oxygens (including phenoxy) is 1. The fourth-order valence-electron chi connectivity index (χ4n) is 2.20. The molecule has 1 fully saturated rings. The van der Waals surface area contributed by atoms with Gasteiger partial charge in [0.25, 0.3) is 5.91 Å². The molecule has 0 bridgehead atoms. The summed E-state index contributed by atoms with van der Waals surface area (Å²) in [5.41, 5.74) is 10.2. The van der Waals surface area contributed by atoms with E-state index < -0.39 is 60.8 Å². The van der Waals surface area contributed by atoms with Gasteiger partial charge in [0, 0.05) is 6.92 Å². The number of aliphatic hydroxyl groups excluding tert-OH is 3. The van der Waals surface area contributed by atoms with Crippen molar-refractivity contribution >= 4 is 11.8 Å². The molecule has 9 nitrogen and oxygen atoms in total. The summed E-state index contributed by atoms with van der Waals surface area (Å²) in [6.45, 7) is 0.120. The smallest absolute Gasteiger partial charge is 0.321 e. The van der Waals surface area contributed by atoms with Crippen LogP contribution in [-0.2, 0) is 14.3 Å². The molecule has 22 heavy (non-hydrogen) atoms. The van der Waals surface area contributed by atoms with Crippen LogP contribution in [0.1, 0.15) is 6.92 Å². The Labute approximate surface area is 124 Å². The zero-order chi connectivity index (χ0) is 17.2. The molecule has 11 heteroatoms. The van der Waals surface area contributed by atoms with Gasteiger partial charge in [-0.1, -0.05) is 0 Å². The lowest BCUT2D eigenvalue weighted by Crippen LogP contribution is -2.74. The number of carbonyl (C=O) groups is 2. The minimum absolute atomic E-state index is 0.697. The number of nitrogens with two attached hydrogens (primary N) is 2. The summed E-state index contributed by atoms with van der Waals surface area (Å²) in [5, 5.41) is 30.3. The number of hydrogen-bond acceptors (Lipinski definition) is 7. The minimum atomic E-state index is -3.64. The van der Waals surface area contributed by atoms with Crippen LogP contribution in [0, 0.1) is 0 Å². The molecule has 1 aliphatic rings. The summed E-state index contributed by atoms with van der Waals surface area (Å²) >= 11 is 0. The third-order valence-electron chi connectivity index (χ3n) is 3.39. The van der Waals surface area contributed by atoms with Crippen LogP contribution in [0.4, 0.5) is 8.78 Å². The van der Waals surface area contributed by atoms with Crippen molar-refractivity contribution in [3.05, 3.63) is 0 Å². The average molecular weight is 327 g/mol. The van der Waals surface area contributed by atoms with Gasteiger partial charge in [-0.3, -0.25) is 9.59 Å². The van der Waals surface area contributed by atoms with Crippen LogP contribution >= 0.6 is 0 Å². The highest BCUT2D eigenvalue weighted by Crippen LogP contribution is 2.34. The van der Waals surface area contributed by atoms with Gasteiger partial charge in [-0.05, 0) is 0 Å². The lowest BCUT2D eigenvalue weighted by atomic mass is 9.86. The first kappa shape index (κ1) is 18.6. The lowest BCUT2D eigenvalue weighted by Gasteiger charge is -2.46. The van der Waals surface area contributed by atoms with Crippen molar-refractivity contribution in [3.8, 4) is 0 Å². The summed E-state index contributed by atoms with van der Waals surface area (Å²) in [6, 6.07) is -3.26. The maximum atomic E-state index is 14.3. The van der Waals surface area contributed by atoms with Crippen molar-refractivity contribution in [2.75, 3.05) is 6.61 Å². The van der Waals surface area contributed by atoms with E-state index in [0.29, 0.717) is 0 Å². The molecule has 0 saturated carbocycles. The van der Waals surface area contributed by atoms with E-state index in [9.17, 15) is 28.6 Å². The van der Waals surface area contributed by atoms with Gasteiger partial charge in [-0.2, -0.15) is 4.39 Å². The first-order valence-corrected chi connectivity index (χ1v) is 6.36. The van der Waals surface area contributed by atoms with Gasteiger partial charge >= 0.3 is 5.85 Å². The minimum Gasteiger partial charge on any atom is -0.394 e. The van der Waals surface area contributed by atoms with Crippen molar-refractivity contribution in [1.82, 2.24) is 5.32 Å². The number of nitrogens with one attached hydrogen (secondary N) is 1. The standard InChI is InChI=1S/C11H19F2N3O6/c1-3(18)16-6-5(14)9(12)11(13,10(15)21)22-8(6)7(20)4(19)2-17/h4-9,17,19-20H,2,14H2,1H3,(H2,15,21)(H,16,18)/t4-,5+,6+,7-,8+,9+,11+/m0/s1. The monoisotopic (exact) mass is 327 g/mol. The van der Waals surface area contributed by atoms with E-state index in [4.69, 9.17) is 16.6 Å². The zero-order valence-electron chi connectivity index (χ0n) is 11.6. The predicted octanol–water partition coefficient (Wildman–Crippen LogP) is -3.58. The summed E-state index contributed by atoms with van der Waals surface area (Å²) in [6.07, 6.45) is -8.29. The first-order chi connectivity index (χ1) is 10.1. The molecule has 1 heterocycles. The lowest BCUT2D eigenvalue weighted by molar-refractivity contribution is -0.266. The van der Waals surface area contributed by atoms with Gasteiger partial charge in [-0.15, -0.1) is 0 Å². The van der Waals surface area contributed by atoms with Crippen LogP contribution in [0.5, 0.6) is 0 Å². The zero-order valence-corrected chi connectivity index (χ0v) is 11.6. The second-order valence-corrected chi connectivity index (χ2v) is 5.04. The number of rotatable bonds is 5. The summed E-state index contributed by atoms with van der Waals surface area (Å²) in [7, 11) is 0. The molecule has 0 aromatic rings. The molecular formula is C11H19F2N3O6. The number of hydrogen-bond donors (Lipinski definition) is 6. The molecule has 7 atom stereocenters. The SMILES string of the molecule is CC(=O)N[C@@H]1[C@@H](N)[C@@H](F)[C@](F)(C(N)=O)O[C@H]1[C@@H](O)[C@@H](O)CO. The Bertz CT molecular complexity index is 442. The Morgan fingerprint density at radius 3 is 2.41 bits per heavy atom. The molecule has 0 aliphatic carbocycles. The molecule has 128 valence electrons. The van der Waals surface area contributed by atoms with Gasteiger partial charge in [0.2, 0.25) is 5.91 Å². The molecule has 0 unspecified atom stereocenters. The van der Waals surface area contributed by atoms with Crippen LogP contribution in [0.3, 0.4) is 0 Å². The van der Waals surface area contributed by atoms with E-state index in [0.717, 1.165) is 6.92 Å². The highest BCUT2D eigenvalue weighted by atomic mass is 19.2. The maximum Gasteiger partial charge on any atom is 0.321 e. The van der Waals surface area contributed by atoms with E-state index in [2.05, 4.69) is 10.1 Å². The van der Waals surface area contributed by atoms with E-state index in [1.54, 1.807) is 0 Å². The van der Waals surface area contributed by atoms with Crippen LogP contribution in [0.15, 0.2) is 0 Å². The third-order valence-corrected chi connectivity index (χ3v) is 3.39. The Kier molecular flexibility index (Phi) is 5.76. The van der Waals surface area contributed by atoms with Crippen LogP contribution in [0.25, 0.3) is 0 Å². The number of aliphatic hydroxyl groups is 3. The second kappa shape index (κ2) is 6.79. The molecule has 1 saturated heterocycles. The Hall–Kier alpha value is -1.40. The molecule has 1 rings (SSSR count). The quantitative estimate of drug-likeness (QED) is 0.303. The van der Waals surface area contributed by atoms with E-state index >= 15 is 0 Å². The van der Waals surface area contributed by atoms with E-state index in [-0.39, 0.29) is 0 Å². The van der Waals surface area contributed by atoms with Crippen molar-refractivity contribution in [2.45, 2.75) is 49.3 Å². The van der Waals surface area contributed by atoms with Gasteiger partial charge in [-0.25, -0.2) is 4.39 Å². The van der Waals surface area contributed by atoms with Crippen molar-refractivity contribution in [3.63, 3.8) is 0 Å². The fourth-order valence-corrected chi connectivity index (χ4v) is 2.20. The molecule has 0 spiro atoms. The Balaban J connectivity index is 3.19. The van der Waals surface area contributed by atoms with Crippen LogP contribution < -0.4 is 16.8 Å². The first-order valence-electron chi connectivity index (χ1n) is 6.36. The Morgan fingerprint density at radius 1 is 1.45 bits per heavy atom. The largest absolute Gasteiger partial charge is 0.394 e. The Morgan fingerprint density at radius 2 is 2.00 bits per heavy atom. The number of carbonyl (C=O) groups excluding carboxylic acids is 2. The van der Waals surface area contributed by atoms with Gasteiger partial charge in [0.05, 0.1) is 18.7 Å². The fraction of sp³-hybridized carbons (Fsp3) is 0.818. The second-order valence-electron chi connectivity index (χ2n) is 5.04. The maximum absolute atomic E-state index is 14.3. The number of amides is 2. The molecule has 2 amide bonds. The third kappa shape index (κ3) is 3.33. The number of primary amides is 1. The van der Waals surface area contributed by atoms with Crippen molar-refractivity contribution < 1.29 is 38.4 Å². The summed E-state index contributed by atoms with van der Waals surface area (Å²) < 4.78 is 32.9. The normalized spacial score (nSPS) is 38.1. The number of halogens is 2. The molecule has 1 aliphatic heterocycles. The average Bonchev–Trinajstić information content (AvgIpc) is 2.45. The topological polar surface area (TPSA) is 168 Å². The molecule has 0 radical (unpaired) electrons. The van der Waals surface area contributed by atoms with E-state index in [1.807, 2.05) is 0 Å². The molecule has 8 N–H and O–H groups in total. The van der Waals surface area contributed by atoms with Crippen LogP contribution in [-0.4, -0.2) is 76.2 Å². The van der Waals surface area contributed by atoms with Gasteiger partial charge in [0.1, 0.15) is 18.3 Å². The number of alkyl halides is 2. The molecular weight excluding hydrogens is 308 g/mol. The predicted molar refractivity (Wildman–Crippen MR) is 67.5 cm³/mol. The highest BCUT2D eigenvalue weighted by molar-refractivity contribution is 5.83. The van der Waals surface area contributed by atoms with Crippen molar-refractivity contribution in [2.24, 2.45) is 11.5 Å². The molecule has 0 aromatic carbocycles. The summed E-state index contributed by atoms with van der Waals surface area (Å²) in [5.74, 6) is -6.15.